The highest BCUT2D eigenvalue weighted by Gasteiger charge is 2.06. The van der Waals surface area contributed by atoms with E-state index in [-0.39, 0.29) is 6.04 Å². The molecule has 0 fully saturated rings. The smallest absolute Gasteiger partial charge is 0.138 e. The van der Waals surface area contributed by atoms with E-state index >= 15 is 0 Å². The minimum atomic E-state index is -0.0269. The Kier molecular flexibility index (Phi) is 4.69. The van der Waals surface area contributed by atoms with E-state index in [4.69, 9.17) is 22.1 Å². The molecule has 0 aliphatic heterocycles. The molecule has 0 radical (unpaired) electrons. The quantitative estimate of drug-likeness (QED) is 0.896. The van der Waals surface area contributed by atoms with Crippen LogP contribution >= 0.6 is 11.6 Å². The molecule has 2 rings (SSSR count). The number of benzene rings is 2. The molecule has 20 heavy (non-hydrogen) atoms. The second kappa shape index (κ2) is 6.29. The van der Waals surface area contributed by atoms with Crippen LogP contribution in [0.15, 0.2) is 36.4 Å². The van der Waals surface area contributed by atoms with Gasteiger partial charge in [-0.2, -0.15) is 0 Å². The Morgan fingerprint density at radius 1 is 1.10 bits per heavy atom. The van der Waals surface area contributed by atoms with Gasteiger partial charge < -0.3 is 10.5 Å². The van der Waals surface area contributed by atoms with Crippen LogP contribution in [0.5, 0.6) is 5.75 Å². The summed E-state index contributed by atoms with van der Waals surface area (Å²) in [6, 6.07) is 12.1. The number of hydrogen-bond acceptors (Lipinski definition) is 2. The summed E-state index contributed by atoms with van der Waals surface area (Å²) in [4.78, 5) is 0. The Hall–Kier alpha value is -1.51. The van der Waals surface area contributed by atoms with Gasteiger partial charge in [0, 0.05) is 6.04 Å². The van der Waals surface area contributed by atoms with E-state index in [9.17, 15) is 0 Å². The van der Waals surface area contributed by atoms with Crippen molar-refractivity contribution in [2.45, 2.75) is 33.4 Å². The zero-order valence-corrected chi connectivity index (χ0v) is 12.9. The Morgan fingerprint density at radius 2 is 1.75 bits per heavy atom. The summed E-state index contributed by atoms with van der Waals surface area (Å²) in [7, 11) is 0. The predicted octanol–water partition coefficient (Wildman–Crippen LogP) is 4.56. The predicted molar refractivity (Wildman–Crippen MR) is 84.3 cm³/mol. The van der Waals surface area contributed by atoms with Crippen LogP contribution < -0.4 is 10.5 Å². The van der Waals surface area contributed by atoms with Crippen molar-refractivity contribution >= 4 is 11.6 Å². The maximum absolute atomic E-state index is 6.22. The highest BCUT2D eigenvalue weighted by molar-refractivity contribution is 6.32. The molecule has 3 heteroatoms. The lowest BCUT2D eigenvalue weighted by Crippen LogP contribution is -2.05. The van der Waals surface area contributed by atoms with Crippen LogP contribution in [-0.2, 0) is 6.61 Å². The lowest BCUT2D eigenvalue weighted by molar-refractivity contribution is 0.306. The average Bonchev–Trinajstić information content (AvgIpc) is 2.36. The van der Waals surface area contributed by atoms with Crippen molar-refractivity contribution in [3.63, 3.8) is 0 Å². The molecule has 0 saturated heterocycles. The molecule has 0 bridgehead atoms. The first-order valence-electron chi connectivity index (χ1n) is 6.70. The number of rotatable bonds is 4. The molecule has 2 aromatic carbocycles. The fraction of sp³-hybridized carbons (Fsp3) is 0.294. The molecule has 0 spiro atoms. The first-order chi connectivity index (χ1) is 9.45. The van der Waals surface area contributed by atoms with Crippen molar-refractivity contribution in [3.05, 3.63) is 63.7 Å². The molecule has 0 unspecified atom stereocenters. The molecule has 0 aromatic heterocycles. The summed E-state index contributed by atoms with van der Waals surface area (Å²) in [6.07, 6.45) is 0. The molecular formula is C17H20ClNO. The summed E-state index contributed by atoms with van der Waals surface area (Å²) in [6.45, 7) is 6.61. The maximum atomic E-state index is 6.22. The Labute approximate surface area is 125 Å². The lowest BCUT2D eigenvalue weighted by atomic mass is 10.1. The van der Waals surface area contributed by atoms with Crippen LogP contribution in [0, 0.1) is 13.8 Å². The third-order valence-corrected chi connectivity index (χ3v) is 3.45. The molecule has 0 saturated carbocycles. The summed E-state index contributed by atoms with van der Waals surface area (Å²) in [5.41, 5.74) is 10.5. The van der Waals surface area contributed by atoms with Gasteiger partial charge in [-0.25, -0.2) is 0 Å². The van der Waals surface area contributed by atoms with Crippen LogP contribution in [0.3, 0.4) is 0 Å². The molecule has 2 N–H and O–H groups in total. The van der Waals surface area contributed by atoms with Gasteiger partial charge in [-0.15, -0.1) is 0 Å². The van der Waals surface area contributed by atoms with Crippen LogP contribution in [-0.4, -0.2) is 0 Å². The van der Waals surface area contributed by atoms with Gasteiger partial charge in [0.1, 0.15) is 12.4 Å². The molecule has 1 atom stereocenters. The number of hydrogen-bond donors (Lipinski definition) is 1. The van der Waals surface area contributed by atoms with Crippen molar-refractivity contribution in [2.75, 3.05) is 0 Å². The average molecular weight is 290 g/mol. The van der Waals surface area contributed by atoms with Gasteiger partial charge in [-0.05, 0) is 44.0 Å². The van der Waals surface area contributed by atoms with Gasteiger partial charge in [-0.3, -0.25) is 0 Å². The van der Waals surface area contributed by atoms with E-state index in [1.54, 1.807) is 0 Å². The van der Waals surface area contributed by atoms with Crippen LogP contribution in [0.2, 0.25) is 5.02 Å². The van der Waals surface area contributed by atoms with E-state index < -0.39 is 0 Å². The van der Waals surface area contributed by atoms with E-state index in [1.165, 1.54) is 11.1 Å². The SMILES string of the molecule is Cc1cc(C)cc(COc2ccc([C@H](C)N)cc2Cl)c1. The topological polar surface area (TPSA) is 35.2 Å². The van der Waals surface area contributed by atoms with Gasteiger partial charge in [0.2, 0.25) is 0 Å². The molecule has 0 aliphatic carbocycles. The minimum Gasteiger partial charge on any atom is -0.487 e. The molecule has 106 valence electrons. The Bertz CT molecular complexity index is 588. The number of halogens is 1. The zero-order valence-electron chi connectivity index (χ0n) is 12.1. The van der Waals surface area contributed by atoms with Gasteiger partial charge in [0.15, 0.2) is 0 Å². The van der Waals surface area contributed by atoms with E-state index in [0.29, 0.717) is 17.4 Å². The molecule has 2 nitrogen and oxygen atoms in total. The summed E-state index contributed by atoms with van der Waals surface area (Å²) < 4.78 is 5.79. The van der Waals surface area contributed by atoms with Gasteiger partial charge in [0.05, 0.1) is 5.02 Å². The second-order valence-electron chi connectivity index (χ2n) is 5.26. The van der Waals surface area contributed by atoms with Gasteiger partial charge in [0.25, 0.3) is 0 Å². The van der Waals surface area contributed by atoms with Crippen molar-refractivity contribution in [1.82, 2.24) is 0 Å². The highest BCUT2D eigenvalue weighted by atomic mass is 35.5. The van der Waals surface area contributed by atoms with Gasteiger partial charge in [-0.1, -0.05) is 47.0 Å². The van der Waals surface area contributed by atoms with Crippen LogP contribution in [0.1, 0.15) is 35.2 Å². The largest absolute Gasteiger partial charge is 0.487 e. The molecule has 0 heterocycles. The monoisotopic (exact) mass is 289 g/mol. The molecular weight excluding hydrogens is 270 g/mol. The van der Waals surface area contributed by atoms with E-state index in [1.807, 2.05) is 25.1 Å². The zero-order chi connectivity index (χ0) is 14.7. The third-order valence-electron chi connectivity index (χ3n) is 3.16. The van der Waals surface area contributed by atoms with Crippen molar-refractivity contribution < 1.29 is 4.74 Å². The van der Waals surface area contributed by atoms with Crippen molar-refractivity contribution in [1.29, 1.82) is 0 Å². The second-order valence-corrected chi connectivity index (χ2v) is 5.67. The number of ether oxygens (including phenoxy) is 1. The Morgan fingerprint density at radius 3 is 2.30 bits per heavy atom. The first-order valence-corrected chi connectivity index (χ1v) is 7.08. The third kappa shape index (κ3) is 3.75. The summed E-state index contributed by atoms with van der Waals surface area (Å²) in [5, 5.41) is 0.601. The first kappa shape index (κ1) is 14.9. The maximum Gasteiger partial charge on any atom is 0.138 e. The Balaban J connectivity index is 2.11. The molecule has 2 aromatic rings. The van der Waals surface area contributed by atoms with E-state index in [2.05, 4.69) is 32.0 Å². The molecule has 0 aliphatic rings. The van der Waals surface area contributed by atoms with Crippen LogP contribution in [0.4, 0.5) is 0 Å². The lowest BCUT2D eigenvalue weighted by Gasteiger charge is -2.12. The van der Waals surface area contributed by atoms with Crippen molar-refractivity contribution in [2.24, 2.45) is 5.73 Å². The van der Waals surface area contributed by atoms with Crippen LogP contribution in [0.25, 0.3) is 0 Å². The van der Waals surface area contributed by atoms with Crippen molar-refractivity contribution in [3.8, 4) is 5.75 Å². The normalized spacial score (nSPS) is 12.2. The highest BCUT2D eigenvalue weighted by Crippen LogP contribution is 2.28. The number of nitrogens with two attached hydrogens (primary N) is 1. The summed E-state index contributed by atoms with van der Waals surface area (Å²) in [5.74, 6) is 0.690. The summed E-state index contributed by atoms with van der Waals surface area (Å²) >= 11 is 6.22. The van der Waals surface area contributed by atoms with Gasteiger partial charge >= 0.3 is 0 Å². The minimum absolute atomic E-state index is 0.0269. The fourth-order valence-corrected chi connectivity index (χ4v) is 2.47. The molecule has 0 amide bonds. The van der Waals surface area contributed by atoms with E-state index in [0.717, 1.165) is 11.1 Å². The fourth-order valence-electron chi connectivity index (χ4n) is 2.23. The number of aryl methyl sites for hydroxylation is 2. The standard InChI is InChI=1S/C17H20ClNO/c1-11-6-12(2)8-14(7-11)10-20-17-5-4-15(13(3)19)9-16(17)18/h4-9,13H,10,19H2,1-3H3/t13-/m0/s1.